The summed E-state index contributed by atoms with van der Waals surface area (Å²) in [7, 11) is 3.16. The average Bonchev–Trinajstić information content (AvgIpc) is 3.08. The number of amides is 1. The van der Waals surface area contributed by atoms with Gasteiger partial charge in [-0.1, -0.05) is 37.1 Å². The number of methoxy groups -OCH3 is 2. The Morgan fingerprint density at radius 3 is 2.50 bits per heavy atom. The second-order valence-corrected chi connectivity index (χ2v) is 7.69. The molecule has 1 radical (unpaired) electrons. The van der Waals surface area contributed by atoms with Crippen molar-refractivity contribution < 1.29 is 34.7 Å². The minimum atomic E-state index is -0.338. The molecule has 8 heteroatoms. The number of ether oxygens (including phenoxy) is 2. The average molecular weight is 580 g/mol. The van der Waals surface area contributed by atoms with Crippen LogP contribution in [-0.2, 0) is 25.8 Å². The van der Waals surface area contributed by atoms with Crippen molar-refractivity contribution in [3.63, 3.8) is 0 Å². The Morgan fingerprint density at radius 1 is 1.13 bits per heavy atom. The Balaban J connectivity index is 0.00000320. The molecule has 0 saturated heterocycles. The molecule has 0 aliphatic carbocycles. The number of carbonyl (C=O) groups is 1. The number of hydrogen-bond acceptors (Lipinski definition) is 5. The van der Waals surface area contributed by atoms with Crippen LogP contribution in [0.5, 0.6) is 11.5 Å². The minimum Gasteiger partial charge on any atom is -0.497 e. The summed E-state index contributed by atoms with van der Waals surface area (Å²) in [5, 5.41) is 11.1. The second-order valence-electron chi connectivity index (χ2n) is 7.69. The van der Waals surface area contributed by atoms with Crippen molar-refractivity contribution in [1.29, 1.82) is 0 Å². The summed E-state index contributed by atoms with van der Waals surface area (Å²) in [5.74, 6) is 0.907. The van der Waals surface area contributed by atoms with E-state index in [1.165, 1.54) is 0 Å². The molecule has 0 bridgehead atoms. The quantitative estimate of drug-likeness (QED) is 0.464. The molecule has 1 heterocycles. The summed E-state index contributed by atoms with van der Waals surface area (Å²) < 4.78 is 12.3. The number of aromatic nitrogens is 3. The molecule has 0 fully saturated rings. The first-order valence-corrected chi connectivity index (χ1v) is 9.22. The molecular weight excluding hydrogens is 554 g/mol. The van der Waals surface area contributed by atoms with Gasteiger partial charge in [-0.3, -0.25) is 4.79 Å². The standard InChI is InChI=1S/C22H25N4O3.Re/c1-14-20(21(27)23-16-9-7-8-15(12-16)22(2,3)4)24-25-26(14)18-13-17(28-5)10-11-19(18)29-6;/h8-13H,1-6H3,(H,23,27);/q-1;. The van der Waals surface area contributed by atoms with Crippen molar-refractivity contribution in [3.8, 4) is 17.2 Å². The topological polar surface area (TPSA) is 78.3 Å². The molecule has 0 saturated carbocycles. The van der Waals surface area contributed by atoms with Crippen LogP contribution in [-0.4, -0.2) is 35.1 Å². The summed E-state index contributed by atoms with van der Waals surface area (Å²) in [5.41, 5.74) is 3.16. The van der Waals surface area contributed by atoms with Crippen molar-refractivity contribution in [2.24, 2.45) is 0 Å². The van der Waals surface area contributed by atoms with Gasteiger partial charge in [-0.25, -0.2) is 4.68 Å². The number of nitrogens with zero attached hydrogens (tertiary/aromatic N) is 3. The molecule has 0 aliphatic rings. The summed E-state index contributed by atoms with van der Waals surface area (Å²) in [6.45, 7) is 8.11. The van der Waals surface area contributed by atoms with E-state index >= 15 is 0 Å². The van der Waals surface area contributed by atoms with Crippen LogP contribution in [0, 0.1) is 13.0 Å². The maximum Gasteiger partial charge on any atom is 0.267 e. The van der Waals surface area contributed by atoms with E-state index < -0.39 is 0 Å². The molecule has 7 nitrogen and oxygen atoms in total. The zero-order chi connectivity index (χ0) is 21.2. The van der Waals surface area contributed by atoms with Gasteiger partial charge in [0.1, 0.15) is 17.2 Å². The van der Waals surface area contributed by atoms with E-state index in [2.05, 4.69) is 42.5 Å². The Bertz CT molecular complexity index is 1040. The number of anilines is 1. The Morgan fingerprint density at radius 2 is 1.87 bits per heavy atom. The van der Waals surface area contributed by atoms with Crippen molar-refractivity contribution in [2.45, 2.75) is 33.1 Å². The van der Waals surface area contributed by atoms with E-state index in [0.717, 1.165) is 5.56 Å². The number of nitrogens with one attached hydrogen (secondary N) is 1. The van der Waals surface area contributed by atoms with Crippen LogP contribution >= 0.6 is 0 Å². The first-order chi connectivity index (χ1) is 13.7. The molecule has 159 valence electrons. The van der Waals surface area contributed by atoms with Crippen molar-refractivity contribution >= 4 is 11.6 Å². The number of carbonyl (C=O) groups excluding carboxylic acids is 1. The molecule has 2 aromatic carbocycles. The fourth-order valence-corrected chi connectivity index (χ4v) is 2.90. The fourth-order valence-electron chi connectivity index (χ4n) is 2.90. The Hall–Kier alpha value is -2.69. The molecule has 0 spiro atoms. The fraction of sp³-hybridized carbons (Fsp3) is 0.318. The molecule has 1 N–H and O–H groups in total. The zero-order valence-corrected chi connectivity index (χ0v) is 20.6. The van der Waals surface area contributed by atoms with Crippen molar-refractivity contribution in [1.82, 2.24) is 15.0 Å². The molecule has 3 aromatic rings. The molecular formula is C22H25N4O3Re-. The molecule has 1 aromatic heterocycles. The third kappa shape index (κ3) is 4.89. The first kappa shape index (κ1) is 23.6. The van der Waals surface area contributed by atoms with E-state index in [4.69, 9.17) is 9.47 Å². The SMILES string of the molecule is COc1ccc(OC)c(-n2nnc(C(=O)Nc3c[c-]cc(C(C)(C)C)c3)c2C)c1.[Re]. The maximum absolute atomic E-state index is 12.8. The van der Waals surface area contributed by atoms with Crippen LogP contribution in [0.4, 0.5) is 5.69 Å². The summed E-state index contributed by atoms with van der Waals surface area (Å²) >= 11 is 0. The van der Waals surface area contributed by atoms with E-state index in [1.807, 2.05) is 12.1 Å². The summed E-state index contributed by atoms with van der Waals surface area (Å²) in [4.78, 5) is 12.8. The summed E-state index contributed by atoms with van der Waals surface area (Å²) in [6.07, 6.45) is 0. The van der Waals surface area contributed by atoms with Gasteiger partial charge in [0.2, 0.25) is 0 Å². The largest absolute Gasteiger partial charge is 0.497 e. The van der Waals surface area contributed by atoms with Crippen LogP contribution in [0.2, 0.25) is 0 Å². The smallest absolute Gasteiger partial charge is 0.267 e. The van der Waals surface area contributed by atoms with Gasteiger partial charge in [0.05, 0.1) is 19.9 Å². The van der Waals surface area contributed by atoms with Crippen LogP contribution in [0.3, 0.4) is 0 Å². The molecule has 30 heavy (non-hydrogen) atoms. The van der Waals surface area contributed by atoms with E-state index in [0.29, 0.717) is 28.6 Å². The van der Waals surface area contributed by atoms with Gasteiger partial charge >= 0.3 is 0 Å². The Kier molecular flexibility index (Phi) is 7.40. The van der Waals surface area contributed by atoms with Crippen LogP contribution < -0.4 is 14.8 Å². The van der Waals surface area contributed by atoms with Gasteiger partial charge in [-0.15, -0.1) is 16.7 Å². The molecule has 3 rings (SSSR count). The van der Waals surface area contributed by atoms with Gasteiger partial charge in [-0.05, 0) is 19.1 Å². The van der Waals surface area contributed by atoms with Gasteiger partial charge in [0.15, 0.2) is 5.69 Å². The third-order valence-electron chi connectivity index (χ3n) is 4.64. The molecule has 0 atom stereocenters. The van der Waals surface area contributed by atoms with Crippen molar-refractivity contribution in [3.05, 3.63) is 59.4 Å². The van der Waals surface area contributed by atoms with E-state index in [9.17, 15) is 4.79 Å². The van der Waals surface area contributed by atoms with Crippen molar-refractivity contribution in [2.75, 3.05) is 19.5 Å². The maximum atomic E-state index is 12.8. The number of hydrogen-bond donors (Lipinski definition) is 1. The third-order valence-corrected chi connectivity index (χ3v) is 4.64. The minimum absolute atomic E-state index is 0. The van der Waals surface area contributed by atoms with E-state index in [1.54, 1.807) is 50.1 Å². The van der Waals surface area contributed by atoms with Crippen LogP contribution in [0.1, 0.15) is 42.5 Å². The van der Waals surface area contributed by atoms with Gasteiger partial charge in [0, 0.05) is 26.5 Å². The zero-order valence-electron chi connectivity index (χ0n) is 17.9. The molecule has 0 aliphatic heterocycles. The monoisotopic (exact) mass is 580 g/mol. The normalized spacial score (nSPS) is 10.9. The molecule has 0 unspecified atom stereocenters. The number of benzene rings is 2. The van der Waals surface area contributed by atoms with Crippen LogP contribution in [0.25, 0.3) is 5.69 Å². The first-order valence-electron chi connectivity index (χ1n) is 9.22. The van der Waals surface area contributed by atoms with E-state index in [-0.39, 0.29) is 37.4 Å². The predicted molar refractivity (Wildman–Crippen MR) is 111 cm³/mol. The molecule has 1 amide bonds. The van der Waals surface area contributed by atoms with Gasteiger partial charge < -0.3 is 14.8 Å². The van der Waals surface area contributed by atoms with Crippen LogP contribution in [0.15, 0.2) is 36.4 Å². The second kappa shape index (κ2) is 9.42. The number of rotatable bonds is 5. The van der Waals surface area contributed by atoms with Gasteiger partial charge in [-0.2, -0.15) is 18.2 Å². The Labute approximate surface area is 190 Å². The summed E-state index contributed by atoms with van der Waals surface area (Å²) in [6, 6.07) is 14.0. The van der Waals surface area contributed by atoms with Gasteiger partial charge in [0.25, 0.3) is 5.91 Å². The predicted octanol–water partition coefficient (Wildman–Crippen LogP) is 3.94.